The number of methoxy groups -OCH3 is 1. The van der Waals surface area contributed by atoms with Crippen LogP contribution in [-0.4, -0.2) is 46.1 Å². The van der Waals surface area contributed by atoms with E-state index in [4.69, 9.17) is 9.47 Å². The number of carbonyl (C=O) groups is 2. The lowest BCUT2D eigenvalue weighted by Gasteiger charge is -2.51. The van der Waals surface area contributed by atoms with Crippen LogP contribution >= 0.6 is 0 Å². The summed E-state index contributed by atoms with van der Waals surface area (Å²) in [6.07, 6.45) is 7.63. The molecule has 1 aromatic rings. The Balaban J connectivity index is 2.14. The van der Waals surface area contributed by atoms with E-state index < -0.39 is 22.6 Å². The molecule has 0 aliphatic carbocycles. The molecule has 1 N–H and O–H groups in total. The Morgan fingerprint density at radius 1 is 1.17 bits per heavy atom. The highest BCUT2D eigenvalue weighted by Gasteiger charge is 2.46. The Morgan fingerprint density at radius 3 is 2.37 bits per heavy atom. The maximum Gasteiger partial charge on any atom is 0.221 e. The summed E-state index contributed by atoms with van der Waals surface area (Å²) < 4.78 is 11.7. The summed E-state index contributed by atoms with van der Waals surface area (Å²) in [5, 5.41) is 11.9. The first-order valence-corrected chi connectivity index (χ1v) is 10.2. The summed E-state index contributed by atoms with van der Waals surface area (Å²) in [5.41, 5.74) is -0.0954. The molecule has 0 bridgehead atoms. The molecule has 1 aliphatic rings. The van der Waals surface area contributed by atoms with Gasteiger partial charge in [0.2, 0.25) is 11.6 Å². The van der Waals surface area contributed by atoms with E-state index in [1.54, 1.807) is 44.4 Å². The third kappa shape index (κ3) is 5.80. The smallest absolute Gasteiger partial charge is 0.221 e. The molecule has 1 aromatic carbocycles. The van der Waals surface area contributed by atoms with Gasteiger partial charge in [0.1, 0.15) is 6.10 Å². The van der Waals surface area contributed by atoms with E-state index in [9.17, 15) is 14.8 Å². The minimum absolute atomic E-state index is 0.0838. The number of rotatable bonds is 8. The number of piperidine rings is 1. The van der Waals surface area contributed by atoms with Crippen LogP contribution in [-0.2, 0) is 9.59 Å². The van der Waals surface area contributed by atoms with Crippen molar-refractivity contribution in [1.29, 1.82) is 0 Å². The van der Waals surface area contributed by atoms with Crippen LogP contribution in [0.3, 0.4) is 0 Å². The fraction of sp³-hybridized carbons (Fsp3) is 0.500. The lowest BCUT2D eigenvalue weighted by Crippen LogP contribution is -2.61. The van der Waals surface area contributed by atoms with Crippen LogP contribution < -0.4 is 9.47 Å². The van der Waals surface area contributed by atoms with Crippen molar-refractivity contribution in [2.45, 2.75) is 71.1 Å². The molecule has 0 radical (unpaired) electrons. The summed E-state index contributed by atoms with van der Waals surface area (Å²) in [4.78, 5) is 23.6. The van der Waals surface area contributed by atoms with Gasteiger partial charge in [0.25, 0.3) is 0 Å². The topological polar surface area (TPSA) is 76.1 Å². The van der Waals surface area contributed by atoms with Crippen molar-refractivity contribution in [3.05, 3.63) is 42.0 Å². The molecule has 0 spiro atoms. The SMILES string of the molecule is C/C=C\CC(=O)C(=O)/C=C/c1ccc(OC2CC(C)(C)N(O)C(C)(C)C2)c(OC)c1. The second kappa shape index (κ2) is 9.58. The van der Waals surface area contributed by atoms with Crippen LogP contribution in [0.25, 0.3) is 6.08 Å². The quantitative estimate of drug-likeness (QED) is 0.380. The number of carbonyl (C=O) groups excluding carboxylic acids is 2. The van der Waals surface area contributed by atoms with Crippen LogP contribution in [0.5, 0.6) is 11.5 Å². The normalized spacial score (nSPS) is 19.3. The Kier molecular flexibility index (Phi) is 7.61. The van der Waals surface area contributed by atoms with Crippen LogP contribution in [0.15, 0.2) is 36.4 Å². The molecule has 2 rings (SSSR count). The number of hydrogen-bond donors (Lipinski definition) is 1. The molecular weight excluding hydrogens is 382 g/mol. The van der Waals surface area contributed by atoms with E-state index in [2.05, 4.69) is 0 Å². The van der Waals surface area contributed by atoms with Gasteiger partial charge in [0.05, 0.1) is 7.11 Å². The lowest BCUT2D eigenvalue weighted by molar-refractivity contribution is -0.254. The van der Waals surface area contributed by atoms with E-state index >= 15 is 0 Å². The molecule has 164 valence electrons. The van der Waals surface area contributed by atoms with Crippen LogP contribution in [0.4, 0.5) is 0 Å². The van der Waals surface area contributed by atoms with Crippen molar-refractivity contribution in [1.82, 2.24) is 5.06 Å². The van der Waals surface area contributed by atoms with Crippen molar-refractivity contribution in [2.75, 3.05) is 7.11 Å². The van der Waals surface area contributed by atoms with Gasteiger partial charge in [0.15, 0.2) is 11.5 Å². The Morgan fingerprint density at radius 2 is 1.80 bits per heavy atom. The molecule has 0 saturated carbocycles. The molecule has 0 atom stereocenters. The van der Waals surface area contributed by atoms with Gasteiger partial charge < -0.3 is 14.7 Å². The summed E-state index contributed by atoms with van der Waals surface area (Å²) in [6, 6.07) is 5.39. The highest BCUT2D eigenvalue weighted by molar-refractivity contribution is 6.42. The summed E-state index contributed by atoms with van der Waals surface area (Å²) in [5.74, 6) is 0.171. The first-order valence-electron chi connectivity index (χ1n) is 10.2. The highest BCUT2D eigenvalue weighted by atomic mass is 16.5. The number of hydrogen-bond acceptors (Lipinski definition) is 6. The van der Waals surface area contributed by atoms with Gasteiger partial charge in [-0.1, -0.05) is 24.3 Å². The average molecular weight is 416 g/mol. The van der Waals surface area contributed by atoms with Gasteiger partial charge in [0, 0.05) is 30.3 Å². The highest BCUT2D eigenvalue weighted by Crippen LogP contribution is 2.40. The monoisotopic (exact) mass is 415 g/mol. The number of ether oxygens (including phenoxy) is 2. The van der Waals surface area contributed by atoms with E-state index in [0.29, 0.717) is 24.3 Å². The fourth-order valence-corrected chi connectivity index (χ4v) is 3.92. The number of nitrogens with zero attached hydrogens (tertiary/aromatic N) is 1. The molecule has 6 nitrogen and oxygen atoms in total. The zero-order valence-electron chi connectivity index (χ0n) is 18.8. The van der Waals surface area contributed by atoms with Gasteiger partial charge in [-0.25, -0.2) is 0 Å². The van der Waals surface area contributed by atoms with Crippen molar-refractivity contribution in [2.24, 2.45) is 0 Å². The minimum Gasteiger partial charge on any atom is -0.493 e. The van der Waals surface area contributed by atoms with Crippen molar-refractivity contribution in [3.63, 3.8) is 0 Å². The van der Waals surface area contributed by atoms with Crippen LogP contribution in [0, 0.1) is 0 Å². The Bertz CT molecular complexity index is 820. The Labute approximate surface area is 179 Å². The molecular formula is C24H33NO5. The zero-order chi connectivity index (χ0) is 22.5. The summed E-state index contributed by atoms with van der Waals surface area (Å²) in [6.45, 7) is 9.76. The van der Waals surface area contributed by atoms with E-state index in [-0.39, 0.29) is 12.5 Å². The number of Topliss-reactive ketones (excluding diaryl/α,β-unsaturated/α-hetero) is 1. The molecule has 6 heteroatoms. The fourth-order valence-electron chi connectivity index (χ4n) is 3.92. The number of hydroxylamine groups is 2. The summed E-state index contributed by atoms with van der Waals surface area (Å²) in [7, 11) is 1.56. The predicted octanol–water partition coefficient (Wildman–Crippen LogP) is 4.60. The maximum absolute atomic E-state index is 11.9. The van der Waals surface area contributed by atoms with E-state index in [0.717, 1.165) is 5.56 Å². The third-order valence-corrected chi connectivity index (χ3v) is 5.32. The molecule has 1 saturated heterocycles. The van der Waals surface area contributed by atoms with Gasteiger partial charge >= 0.3 is 0 Å². The first-order chi connectivity index (χ1) is 14.0. The van der Waals surface area contributed by atoms with Crippen molar-refractivity contribution >= 4 is 17.6 Å². The zero-order valence-corrected chi connectivity index (χ0v) is 18.8. The summed E-state index contributed by atoms with van der Waals surface area (Å²) >= 11 is 0. The minimum atomic E-state index is -0.535. The van der Waals surface area contributed by atoms with Crippen molar-refractivity contribution < 1.29 is 24.3 Å². The molecule has 30 heavy (non-hydrogen) atoms. The predicted molar refractivity (Wildman–Crippen MR) is 117 cm³/mol. The number of ketones is 2. The van der Waals surface area contributed by atoms with E-state index in [1.165, 1.54) is 11.1 Å². The molecule has 1 heterocycles. The number of benzene rings is 1. The van der Waals surface area contributed by atoms with Gasteiger partial charge in [-0.05, 0) is 58.4 Å². The molecule has 0 aromatic heterocycles. The van der Waals surface area contributed by atoms with E-state index in [1.807, 2.05) is 33.8 Å². The van der Waals surface area contributed by atoms with Crippen LogP contribution in [0.1, 0.15) is 59.4 Å². The Hall–Kier alpha value is -2.44. The third-order valence-electron chi connectivity index (χ3n) is 5.32. The molecule has 0 unspecified atom stereocenters. The number of allylic oxidation sites excluding steroid dienone is 3. The largest absolute Gasteiger partial charge is 0.493 e. The molecule has 0 amide bonds. The van der Waals surface area contributed by atoms with Gasteiger partial charge in [-0.15, -0.1) is 0 Å². The average Bonchev–Trinajstić information content (AvgIpc) is 2.68. The second-order valence-electron chi connectivity index (χ2n) is 8.89. The van der Waals surface area contributed by atoms with Crippen molar-refractivity contribution in [3.8, 4) is 11.5 Å². The standard InChI is InChI=1S/C24H33NO5/c1-7-8-9-19(26)20(27)12-10-17-11-13-21(22(14-17)29-6)30-18-15-23(2,3)25(28)24(4,5)16-18/h7-8,10-14,18,28H,9,15-16H2,1-6H3/b8-7-,12-10+. The van der Waals surface area contributed by atoms with Crippen LogP contribution in [0.2, 0.25) is 0 Å². The molecule has 1 aliphatic heterocycles. The lowest BCUT2D eigenvalue weighted by atomic mass is 9.80. The van der Waals surface area contributed by atoms with Gasteiger partial charge in [-0.2, -0.15) is 5.06 Å². The first kappa shape index (κ1) is 23.8. The second-order valence-corrected chi connectivity index (χ2v) is 8.89. The van der Waals surface area contributed by atoms with Gasteiger partial charge in [-0.3, -0.25) is 9.59 Å². The maximum atomic E-state index is 11.9. The molecule has 1 fully saturated rings.